The largest absolute Gasteiger partial charge is 0.390 e. The monoisotopic (exact) mass is 296 g/mol. The van der Waals surface area contributed by atoms with Gasteiger partial charge in [0, 0.05) is 31.4 Å². The van der Waals surface area contributed by atoms with Crippen molar-refractivity contribution >= 4 is 10.0 Å². The second-order valence-electron chi connectivity index (χ2n) is 5.85. The zero-order valence-electron chi connectivity index (χ0n) is 11.4. The summed E-state index contributed by atoms with van der Waals surface area (Å²) in [6.07, 6.45) is 7.33. The Labute approximate surface area is 119 Å². The van der Waals surface area contributed by atoms with Crippen LogP contribution < -0.4 is 0 Å². The number of nitrogens with zero attached hydrogens (tertiary/aromatic N) is 2. The van der Waals surface area contributed by atoms with Gasteiger partial charge in [-0.15, -0.1) is 0 Å². The molecule has 2 aliphatic rings. The highest BCUT2D eigenvalue weighted by Crippen LogP contribution is 2.40. The molecule has 1 aromatic rings. The molecule has 1 saturated carbocycles. The Morgan fingerprint density at radius 3 is 2.95 bits per heavy atom. The number of rotatable bonds is 2. The normalized spacial score (nSPS) is 31.8. The summed E-state index contributed by atoms with van der Waals surface area (Å²) in [6.45, 7) is 0.817. The molecule has 0 aromatic carbocycles. The van der Waals surface area contributed by atoms with E-state index in [-0.39, 0.29) is 10.8 Å². The molecule has 1 aliphatic heterocycles. The number of fused-ring (bicyclic) bond motifs is 1. The van der Waals surface area contributed by atoms with E-state index >= 15 is 0 Å². The van der Waals surface area contributed by atoms with Crippen LogP contribution in [0.25, 0.3) is 0 Å². The van der Waals surface area contributed by atoms with Crippen LogP contribution >= 0.6 is 0 Å². The van der Waals surface area contributed by atoms with E-state index in [4.69, 9.17) is 0 Å². The van der Waals surface area contributed by atoms with Gasteiger partial charge in [-0.3, -0.25) is 4.98 Å². The SMILES string of the molecule is O=S(=O)(c1cccnc1)N1CCC2(O)CCCCC2C1. The Morgan fingerprint density at radius 1 is 1.35 bits per heavy atom. The van der Waals surface area contributed by atoms with Crippen molar-refractivity contribution in [2.45, 2.75) is 42.6 Å². The summed E-state index contributed by atoms with van der Waals surface area (Å²) in [6, 6.07) is 3.21. The van der Waals surface area contributed by atoms with Crippen LogP contribution in [0.5, 0.6) is 0 Å². The van der Waals surface area contributed by atoms with Gasteiger partial charge in [0.05, 0.1) is 5.60 Å². The predicted octanol–water partition coefficient (Wildman–Crippen LogP) is 1.40. The average molecular weight is 296 g/mol. The number of pyridine rings is 1. The molecule has 6 heteroatoms. The fourth-order valence-corrected chi connectivity index (χ4v) is 4.86. The summed E-state index contributed by atoms with van der Waals surface area (Å²) >= 11 is 0. The third kappa shape index (κ3) is 2.36. The van der Waals surface area contributed by atoms with Gasteiger partial charge in [-0.25, -0.2) is 8.42 Å². The van der Waals surface area contributed by atoms with Crippen LogP contribution in [0.1, 0.15) is 32.1 Å². The molecule has 1 saturated heterocycles. The van der Waals surface area contributed by atoms with Crippen LogP contribution in [-0.4, -0.2) is 41.5 Å². The van der Waals surface area contributed by atoms with Crippen molar-refractivity contribution in [2.75, 3.05) is 13.1 Å². The fourth-order valence-electron chi connectivity index (χ4n) is 3.41. The van der Waals surface area contributed by atoms with E-state index in [0.29, 0.717) is 19.5 Å². The van der Waals surface area contributed by atoms with Crippen LogP contribution in [0.15, 0.2) is 29.4 Å². The zero-order valence-corrected chi connectivity index (χ0v) is 12.2. The van der Waals surface area contributed by atoms with Gasteiger partial charge < -0.3 is 5.11 Å². The zero-order chi connectivity index (χ0) is 14.2. The van der Waals surface area contributed by atoms with Crippen LogP contribution in [0.2, 0.25) is 0 Å². The summed E-state index contributed by atoms with van der Waals surface area (Å²) < 4.78 is 26.6. The van der Waals surface area contributed by atoms with Gasteiger partial charge in [-0.1, -0.05) is 12.8 Å². The molecule has 2 fully saturated rings. The van der Waals surface area contributed by atoms with E-state index in [0.717, 1.165) is 25.7 Å². The first-order chi connectivity index (χ1) is 9.52. The van der Waals surface area contributed by atoms with Gasteiger partial charge in [0.15, 0.2) is 0 Å². The molecule has 0 amide bonds. The Hall–Kier alpha value is -0.980. The van der Waals surface area contributed by atoms with Gasteiger partial charge in [-0.2, -0.15) is 4.31 Å². The first-order valence-corrected chi connectivity index (χ1v) is 8.59. The quantitative estimate of drug-likeness (QED) is 0.895. The number of hydrogen-bond acceptors (Lipinski definition) is 4. The van der Waals surface area contributed by atoms with Crippen molar-refractivity contribution in [2.24, 2.45) is 5.92 Å². The first-order valence-electron chi connectivity index (χ1n) is 7.15. The highest BCUT2D eigenvalue weighted by atomic mass is 32.2. The summed E-state index contributed by atoms with van der Waals surface area (Å²) in [5, 5.41) is 10.6. The smallest absolute Gasteiger partial charge is 0.244 e. The average Bonchev–Trinajstić information content (AvgIpc) is 2.47. The molecule has 0 bridgehead atoms. The molecule has 0 radical (unpaired) electrons. The van der Waals surface area contributed by atoms with Crippen LogP contribution in [0.3, 0.4) is 0 Å². The molecule has 3 rings (SSSR count). The van der Waals surface area contributed by atoms with Gasteiger partial charge in [-0.05, 0) is 31.4 Å². The lowest BCUT2D eigenvalue weighted by atomic mass is 9.72. The topological polar surface area (TPSA) is 70.5 Å². The second kappa shape index (κ2) is 5.09. The molecule has 1 N–H and O–H groups in total. The van der Waals surface area contributed by atoms with Gasteiger partial charge in [0.2, 0.25) is 10.0 Å². The van der Waals surface area contributed by atoms with Crippen molar-refractivity contribution in [1.82, 2.24) is 9.29 Å². The maximum absolute atomic E-state index is 12.6. The third-order valence-electron chi connectivity index (χ3n) is 4.66. The molecule has 5 nitrogen and oxygen atoms in total. The third-order valence-corrected chi connectivity index (χ3v) is 6.51. The van der Waals surface area contributed by atoms with Crippen LogP contribution in [-0.2, 0) is 10.0 Å². The lowest BCUT2D eigenvalue weighted by molar-refractivity contribution is -0.0816. The minimum atomic E-state index is -3.48. The summed E-state index contributed by atoms with van der Waals surface area (Å²) in [5.74, 6) is 0.0662. The van der Waals surface area contributed by atoms with Crippen molar-refractivity contribution in [3.05, 3.63) is 24.5 Å². The lowest BCUT2D eigenvalue weighted by Crippen LogP contribution is -2.54. The molecule has 20 heavy (non-hydrogen) atoms. The highest BCUT2D eigenvalue weighted by molar-refractivity contribution is 7.89. The van der Waals surface area contributed by atoms with E-state index in [2.05, 4.69) is 4.98 Å². The maximum Gasteiger partial charge on any atom is 0.244 e. The van der Waals surface area contributed by atoms with Gasteiger partial charge >= 0.3 is 0 Å². The van der Waals surface area contributed by atoms with E-state index in [1.807, 2.05) is 0 Å². The molecule has 2 heterocycles. The van der Waals surface area contributed by atoms with E-state index in [1.54, 1.807) is 18.3 Å². The van der Waals surface area contributed by atoms with Gasteiger partial charge in [0.1, 0.15) is 4.90 Å². The van der Waals surface area contributed by atoms with E-state index < -0.39 is 15.6 Å². The number of aliphatic hydroxyl groups is 1. The molecular weight excluding hydrogens is 276 g/mol. The summed E-state index contributed by atoms with van der Waals surface area (Å²) in [5.41, 5.74) is -0.654. The lowest BCUT2D eigenvalue weighted by Gasteiger charge is -2.46. The van der Waals surface area contributed by atoms with Crippen molar-refractivity contribution in [3.63, 3.8) is 0 Å². The number of hydrogen-bond donors (Lipinski definition) is 1. The molecule has 110 valence electrons. The van der Waals surface area contributed by atoms with Crippen molar-refractivity contribution in [1.29, 1.82) is 0 Å². The Bertz CT molecular complexity index is 575. The molecule has 2 atom stereocenters. The molecular formula is C14H20N2O3S. The van der Waals surface area contributed by atoms with Crippen molar-refractivity contribution < 1.29 is 13.5 Å². The van der Waals surface area contributed by atoms with E-state index in [1.165, 1.54) is 10.5 Å². The minimum absolute atomic E-state index is 0.0662. The second-order valence-corrected chi connectivity index (χ2v) is 7.79. The predicted molar refractivity (Wildman–Crippen MR) is 74.5 cm³/mol. The first kappa shape index (κ1) is 14.0. The Morgan fingerprint density at radius 2 is 2.20 bits per heavy atom. The van der Waals surface area contributed by atoms with E-state index in [9.17, 15) is 13.5 Å². The van der Waals surface area contributed by atoms with Crippen molar-refractivity contribution in [3.8, 4) is 0 Å². The number of aromatic nitrogens is 1. The van der Waals surface area contributed by atoms with Gasteiger partial charge in [0.25, 0.3) is 0 Å². The minimum Gasteiger partial charge on any atom is -0.390 e. The molecule has 1 aliphatic carbocycles. The number of sulfonamides is 1. The standard InChI is InChI=1S/C14H20N2O3S/c17-14-6-2-1-4-12(14)11-16(9-7-14)20(18,19)13-5-3-8-15-10-13/h3,5,8,10,12,17H,1-2,4,6-7,9,11H2. The van der Waals surface area contributed by atoms with Crippen LogP contribution in [0.4, 0.5) is 0 Å². The maximum atomic E-state index is 12.6. The molecule has 2 unspecified atom stereocenters. The summed E-state index contributed by atoms with van der Waals surface area (Å²) in [4.78, 5) is 4.12. The van der Waals surface area contributed by atoms with Crippen LogP contribution in [0, 0.1) is 5.92 Å². The fraction of sp³-hybridized carbons (Fsp3) is 0.643. The Kier molecular flexibility index (Phi) is 3.56. The Balaban J connectivity index is 1.83. The molecule has 0 spiro atoms. The summed E-state index contributed by atoms with van der Waals surface area (Å²) in [7, 11) is -3.48. The molecule has 1 aromatic heterocycles. The highest BCUT2D eigenvalue weighted by Gasteiger charge is 2.45. The number of piperidine rings is 1.